The average molecular weight is 411 g/mol. The number of nitrogens with two attached hydrogens (primary N) is 1. The number of hydrogen-bond donors (Lipinski definition) is 4. The Bertz CT molecular complexity index is 1030. The Hall–Kier alpha value is -2.95. The second kappa shape index (κ2) is 8.16. The second-order valence-electron chi connectivity index (χ2n) is 5.27. The Morgan fingerprint density at radius 1 is 1.22 bits per heavy atom. The lowest BCUT2D eigenvalue weighted by atomic mass is 10.3. The van der Waals surface area contributed by atoms with E-state index >= 15 is 0 Å². The number of primary sulfonamides is 1. The summed E-state index contributed by atoms with van der Waals surface area (Å²) in [6.45, 7) is 1.23. The number of carbonyl (C=O) groups is 1. The lowest BCUT2D eigenvalue weighted by molar-refractivity contribution is -0.113. The standard InChI is InChI=1S/C16H15ClN4O5S/c1-9(22)15(16(24)19-10-5-3-2-4-6-10)21-20-12-7-11(17)14(8-13(12)23)27(18,25)26/h2-8,22-23H,1H3,(H,19,24)(H2,18,25,26). The van der Waals surface area contributed by atoms with Gasteiger partial charge in [0, 0.05) is 11.8 Å². The van der Waals surface area contributed by atoms with E-state index in [0.717, 1.165) is 12.1 Å². The summed E-state index contributed by atoms with van der Waals surface area (Å²) in [5, 5.41) is 34.1. The number of nitrogens with zero attached hydrogens (tertiary/aromatic N) is 2. The van der Waals surface area contributed by atoms with Gasteiger partial charge in [-0.15, -0.1) is 10.2 Å². The number of rotatable bonds is 5. The molecule has 0 bridgehead atoms. The smallest absolute Gasteiger partial charge is 0.279 e. The number of benzene rings is 2. The number of halogens is 1. The zero-order valence-electron chi connectivity index (χ0n) is 13.9. The number of aliphatic hydroxyl groups excluding tert-OH is 1. The highest BCUT2D eigenvalue weighted by Crippen LogP contribution is 2.35. The Balaban J connectivity index is 2.32. The van der Waals surface area contributed by atoms with Gasteiger partial charge >= 0.3 is 0 Å². The predicted molar refractivity (Wildman–Crippen MR) is 99.4 cm³/mol. The number of para-hydroxylation sites is 1. The van der Waals surface area contributed by atoms with Crippen LogP contribution in [-0.2, 0) is 14.8 Å². The highest BCUT2D eigenvalue weighted by Gasteiger charge is 2.18. The number of azo groups is 1. The molecular weight excluding hydrogens is 396 g/mol. The van der Waals surface area contributed by atoms with Gasteiger partial charge in [0.2, 0.25) is 10.0 Å². The van der Waals surface area contributed by atoms with E-state index in [0.29, 0.717) is 5.69 Å². The van der Waals surface area contributed by atoms with Gasteiger partial charge in [0.05, 0.1) is 5.02 Å². The van der Waals surface area contributed by atoms with Crippen LogP contribution in [0.15, 0.2) is 69.0 Å². The number of amides is 1. The number of aliphatic hydroxyl groups is 1. The molecule has 0 spiro atoms. The quantitative estimate of drug-likeness (QED) is 0.338. The normalized spacial score (nSPS) is 12.7. The number of hydrogen-bond acceptors (Lipinski definition) is 7. The summed E-state index contributed by atoms with van der Waals surface area (Å²) in [5.41, 5.74) is -0.164. The maximum atomic E-state index is 12.2. The van der Waals surface area contributed by atoms with Crippen LogP contribution in [0.1, 0.15) is 6.92 Å². The van der Waals surface area contributed by atoms with Crippen molar-refractivity contribution in [3.8, 4) is 5.75 Å². The van der Waals surface area contributed by atoms with Gasteiger partial charge in [-0.25, -0.2) is 13.6 Å². The van der Waals surface area contributed by atoms with Crippen LogP contribution in [0.5, 0.6) is 5.75 Å². The van der Waals surface area contributed by atoms with Crippen molar-refractivity contribution >= 4 is 38.9 Å². The third-order valence-electron chi connectivity index (χ3n) is 3.18. The number of sulfonamides is 1. The lowest BCUT2D eigenvalue weighted by Gasteiger charge is -2.07. The summed E-state index contributed by atoms with van der Waals surface area (Å²) in [5.74, 6) is -1.73. The highest BCUT2D eigenvalue weighted by atomic mass is 35.5. The Morgan fingerprint density at radius 2 is 1.85 bits per heavy atom. The third kappa shape index (κ3) is 5.26. The molecule has 0 aliphatic heterocycles. The zero-order chi connectivity index (χ0) is 20.2. The van der Waals surface area contributed by atoms with Crippen LogP contribution in [0.3, 0.4) is 0 Å². The SMILES string of the molecule is CC(O)=C(N=Nc1cc(Cl)c(S(N)(=O)=O)cc1O)C(=O)Nc1ccccc1. The molecule has 0 atom stereocenters. The minimum Gasteiger partial charge on any atom is -0.510 e. The molecule has 5 N–H and O–H groups in total. The number of aromatic hydroxyl groups is 1. The molecule has 0 heterocycles. The highest BCUT2D eigenvalue weighted by molar-refractivity contribution is 7.89. The van der Waals surface area contributed by atoms with Crippen LogP contribution in [0.2, 0.25) is 5.02 Å². The van der Waals surface area contributed by atoms with Crippen molar-refractivity contribution in [1.82, 2.24) is 0 Å². The summed E-state index contributed by atoms with van der Waals surface area (Å²) in [6.07, 6.45) is 0. The van der Waals surface area contributed by atoms with E-state index in [1.54, 1.807) is 30.3 Å². The molecule has 0 aliphatic rings. The largest absolute Gasteiger partial charge is 0.510 e. The van der Waals surface area contributed by atoms with Crippen LogP contribution in [0.4, 0.5) is 11.4 Å². The van der Waals surface area contributed by atoms with E-state index in [-0.39, 0.29) is 10.7 Å². The van der Waals surface area contributed by atoms with Gasteiger partial charge in [-0.2, -0.15) is 0 Å². The van der Waals surface area contributed by atoms with Crippen LogP contribution in [-0.4, -0.2) is 24.5 Å². The summed E-state index contributed by atoms with van der Waals surface area (Å²) in [6, 6.07) is 10.3. The predicted octanol–water partition coefficient (Wildman–Crippen LogP) is 3.20. The molecule has 9 nitrogen and oxygen atoms in total. The molecule has 1 amide bonds. The molecule has 0 aromatic heterocycles. The number of carbonyl (C=O) groups excluding carboxylic acids is 1. The van der Waals surface area contributed by atoms with Crippen LogP contribution >= 0.6 is 11.6 Å². The molecule has 2 aromatic carbocycles. The summed E-state index contributed by atoms with van der Waals surface area (Å²) < 4.78 is 22.7. The lowest BCUT2D eigenvalue weighted by Crippen LogP contribution is -2.14. The Labute approximate surface area is 159 Å². The van der Waals surface area contributed by atoms with Crippen molar-refractivity contribution in [1.29, 1.82) is 0 Å². The molecule has 2 rings (SSSR count). The van der Waals surface area contributed by atoms with E-state index < -0.39 is 38.0 Å². The topological polar surface area (TPSA) is 154 Å². The number of anilines is 1. The Kier molecular flexibility index (Phi) is 6.16. The monoisotopic (exact) mass is 410 g/mol. The molecule has 0 unspecified atom stereocenters. The molecule has 11 heteroatoms. The molecule has 2 aromatic rings. The van der Waals surface area contributed by atoms with Gasteiger partial charge in [-0.1, -0.05) is 29.8 Å². The fourth-order valence-electron chi connectivity index (χ4n) is 1.93. The average Bonchev–Trinajstić information content (AvgIpc) is 2.57. The van der Waals surface area contributed by atoms with Crippen molar-refractivity contribution in [2.45, 2.75) is 11.8 Å². The van der Waals surface area contributed by atoms with Crippen molar-refractivity contribution in [3.05, 3.63) is 58.9 Å². The zero-order valence-corrected chi connectivity index (χ0v) is 15.5. The van der Waals surface area contributed by atoms with Crippen molar-refractivity contribution < 1.29 is 23.4 Å². The number of nitrogens with one attached hydrogen (secondary N) is 1. The van der Waals surface area contributed by atoms with Gasteiger partial charge < -0.3 is 15.5 Å². The van der Waals surface area contributed by atoms with Crippen molar-refractivity contribution in [2.24, 2.45) is 15.4 Å². The second-order valence-corrected chi connectivity index (χ2v) is 7.21. The first-order valence-electron chi connectivity index (χ1n) is 7.33. The van der Waals surface area contributed by atoms with Crippen molar-refractivity contribution in [3.63, 3.8) is 0 Å². The maximum Gasteiger partial charge on any atom is 0.279 e. The Morgan fingerprint density at radius 3 is 2.41 bits per heavy atom. The van der Waals surface area contributed by atoms with Gasteiger partial charge in [-0.3, -0.25) is 4.79 Å². The molecule has 0 radical (unpaired) electrons. The van der Waals surface area contributed by atoms with Crippen LogP contribution in [0, 0.1) is 0 Å². The minimum absolute atomic E-state index is 0.223. The summed E-state index contributed by atoms with van der Waals surface area (Å²) in [7, 11) is -4.14. The maximum absolute atomic E-state index is 12.2. The fourth-order valence-corrected chi connectivity index (χ4v) is 3.02. The number of allylic oxidation sites excluding steroid dienone is 1. The first kappa shape index (κ1) is 20.4. The van der Waals surface area contributed by atoms with E-state index in [4.69, 9.17) is 16.7 Å². The first-order valence-corrected chi connectivity index (χ1v) is 9.25. The molecular formula is C16H15ClN4O5S. The number of phenolic OH excluding ortho intramolecular Hbond substituents is 1. The third-order valence-corrected chi connectivity index (χ3v) is 4.56. The van der Waals surface area contributed by atoms with E-state index in [1.165, 1.54) is 6.92 Å². The molecule has 142 valence electrons. The summed E-state index contributed by atoms with van der Waals surface area (Å²) in [4.78, 5) is 11.8. The van der Waals surface area contributed by atoms with Gasteiger partial charge in [0.1, 0.15) is 22.1 Å². The van der Waals surface area contributed by atoms with Gasteiger partial charge in [0.25, 0.3) is 5.91 Å². The van der Waals surface area contributed by atoms with Gasteiger partial charge in [0.15, 0.2) is 5.70 Å². The molecule has 0 saturated heterocycles. The van der Waals surface area contributed by atoms with Gasteiger partial charge in [-0.05, 0) is 25.1 Å². The molecule has 0 saturated carbocycles. The summed E-state index contributed by atoms with van der Waals surface area (Å²) >= 11 is 5.82. The van der Waals surface area contributed by atoms with E-state index in [9.17, 15) is 23.4 Å². The van der Waals surface area contributed by atoms with E-state index in [1.807, 2.05) is 0 Å². The first-order chi connectivity index (χ1) is 12.6. The number of phenols is 1. The molecule has 0 aliphatic carbocycles. The molecule has 27 heavy (non-hydrogen) atoms. The van der Waals surface area contributed by atoms with E-state index in [2.05, 4.69) is 15.5 Å². The minimum atomic E-state index is -4.14. The molecule has 0 fully saturated rings. The van der Waals surface area contributed by atoms with Crippen LogP contribution < -0.4 is 10.5 Å². The van der Waals surface area contributed by atoms with Crippen molar-refractivity contribution in [2.75, 3.05) is 5.32 Å². The fraction of sp³-hybridized carbons (Fsp3) is 0.0625. The van der Waals surface area contributed by atoms with Crippen LogP contribution in [0.25, 0.3) is 0 Å².